The van der Waals surface area contributed by atoms with Crippen molar-refractivity contribution in [3.8, 4) is 11.8 Å². The van der Waals surface area contributed by atoms with Crippen LogP contribution in [0.15, 0.2) is 36.4 Å². The lowest BCUT2D eigenvalue weighted by molar-refractivity contribution is -0.119. The second-order valence-corrected chi connectivity index (χ2v) is 7.24. The lowest BCUT2D eigenvalue weighted by Gasteiger charge is -2.27. The number of amides is 1. The highest BCUT2D eigenvalue weighted by atomic mass is 35.5. The van der Waals surface area contributed by atoms with Crippen molar-refractivity contribution in [2.24, 2.45) is 0 Å². The van der Waals surface area contributed by atoms with Crippen LogP contribution in [0, 0.1) is 25.2 Å². The molecule has 0 bridgehead atoms. The summed E-state index contributed by atoms with van der Waals surface area (Å²) in [6, 6.07) is 13.5. The van der Waals surface area contributed by atoms with Crippen LogP contribution in [0.25, 0.3) is 0 Å². The van der Waals surface area contributed by atoms with Crippen molar-refractivity contribution in [3.05, 3.63) is 58.1 Å². The first kappa shape index (κ1) is 21.7. The number of nitriles is 1. The largest absolute Gasteiger partial charge is 0.496 e. The molecule has 0 N–H and O–H groups in total. The second kappa shape index (κ2) is 10.1. The van der Waals surface area contributed by atoms with Crippen molar-refractivity contribution in [2.45, 2.75) is 26.8 Å². The minimum Gasteiger partial charge on any atom is -0.496 e. The van der Waals surface area contributed by atoms with Crippen molar-refractivity contribution >= 4 is 23.2 Å². The third-order valence-corrected chi connectivity index (χ3v) is 4.94. The van der Waals surface area contributed by atoms with Gasteiger partial charge in [0.05, 0.1) is 26.1 Å². The van der Waals surface area contributed by atoms with Crippen LogP contribution in [0.3, 0.4) is 0 Å². The average Bonchev–Trinajstić information content (AvgIpc) is 2.65. The molecule has 2 aromatic carbocycles. The van der Waals surface area contributed by atoms with Gasteiger partial charge in [-0.3, -0.25) is 9.69 Å². The minimum absolute atomic E-state index is 0.0487. The third-order valence-electron chi connectivity index (χ3n) is 4.70. The number of methoxy groups -OCH3 is 1. The highest BCUT2D eigenvalue weighted by Crippen LogP contribution is 2.25. The molecule has 6 heteroatoms. The number of aryl methyl sites for hydroxylation is 1. The van der Waals surface area contributed by atoms with Crippen LogP contribution in [0.5, 0.6) is 5.75 Å². The van der Waals surface area contributed by atoms with E-state index in [2.05, 4.69) is 6.07 Å². The van der Waals surface area contributed by atoms with E-state index in [1.54, 1.807) is 18.1 Å². The van der Waals surface area contributed by atoms with Crippen molar-refractivity contribution in [2.75, 3.05) is 32.1 Å². The topological polar surface area (TPSA) is 56.6 Å². The van der Waals surface area contributed by atoms with Crippen molar-refractivity contribution < 1.29 is 9.53 Å². The van der Waals surface area contributed by atoms with Gasteiger partial charge >= 0.3 is 0 Å². The Labute approximate surface area is 172 Å². The zero-order chi connectivity index (χ0) is 20.7. The van der Waals surface area contributed by atoms with Crippen molar-refractivity contribution in [1.29, 1.82) is 5.26 Å². The van der Waals surface area contributed by atoms with Gasteiger partial charge in [-0.15, -0.1) is 0 Å². The molecule has 28 heavy (non-hydrogen) atoms. The SMILES string of the molecule is COc1ccc(Cl)cc1CN(C)CC(=O)N(CCC#N)c1cccc(C)c1C. The maximum atomic E-state index is 13.1. The molecular weight excluding hydrogens is 374 g/mol. The van der Waals surface area contributed by atoms with Gasteiger partial charge in [0.2, 0.25) is 5.91 Å². The van der Waals surface area contributed by atoms with Crippen LogP contribution in [0.4, 0.5) is 5.69 Å². The molecule has 0 aliphatic heterocycles. The number of rotatable bonds is 8. The number of likely N-dealkylation sites (N-methyl/N-ethyl adjacent to an activating group) is 1. The van der Waals surface area contributed by atoms with Gasteiger partial charge in [0, 0.05) is 29.4 Å². The number of hydrogen-bond donors (Lipinski definition) is 0. The molecule has 0 saturated heterocycles. The third kappa shape index (κ3) is 5.48. The van der Waals surface area contributed by atoms with E-state index in [1.807, 2.05) is 56.1 Å². The summed E-state index contributed by atoms with van der Waals surface area (Å²) in [4.78, 5) is 16.7. The van der Waals surface area contributed by atoms with E-state index in [0.29, 0.717) is 18.1 Å². The van der Waals surface area contributed by atoms with Crippen molar-refractivity contribution in [3.63, 3.8) is 0 Å². The Hall–Kier alpha value is -2.55. The smallest absolute Gasteiger partial charge is 0.241 e. The number of carbonyl (C=O) groups is 1. The van der Waals surface area contributed by atoms with E-state index in [-0.39, 0.29) is 18.9 Å². The van der Waals surface area contributed by atoms with E-state index in [0.717, 1.165) is 28.1 Å². The molecule has 0 atom stereocenters. The predicted molar refractivity (Wildman–Crippen MR) is 113 cm³/mol. The fraction of sp³-hybridized carbons (Fsp3) is 0.364. The molecule has 2 aromatic rings. The molecule has 0 heterocycles. The monoisotopic (exact) mass is 399 g/mol. The van der Waals surface area contributed by atoms with Gasteiger partial charge in [0.15, 0.2) is 0 Å². The summed E-state index contributed by atoms with van der Waals surface area (Å²) in [6.07, 6.45) is 0.283. The van der Waals surface area contributed by atoms with Gasteiger partial charge in [-0.2, -0.15) is 5.26 Å². The molecule has 5 nitrogen and oxygen atoms in total. The van der Waals surface area contributed by atoms with Gasteiger partial charge in [0.25, 0.3) is 0 Å². The molecule has 0 saturated carbocycles. The van der Waals surface area contributed by atoms with E-state index < -0.39 is 0 Å². The van der Waals surface area contributed by atoms with Gasteiger partial charge < -0.3 is 9.64 Å². The number of halogens is 1. The van der Waals surface area contributed by atoms with Crippen LogP contribution in [-0.4, -0.2) is 38.1 Å². The maximum Gasteiger partial charge on any atom is 0.241 e. The summed E-state index contributed by atoms with van der Waals surface area (Å²) in [5.41, 5.74) is 3.94. The fourth-order valence-electron chi connectivity index (χ4n) is 3.10. The lowest BCUT2D eigenvalue weighted by atomic mass is 10.1. The normalized spacial score (nSPS) is 10.6. The molecule has 0 spiro atoms. The molecular formula is C22H26ClN3O2. The number of nitrogens with zero attached hydrogens (tertiary/aromatic N) is 3. The zero-order valence-corrected chi connectivity index (χ0v) is 17.6. The number of hydrogen-bond acceptors (Lipinski definition) is 4. The molecule has 0 radical (unpaired) electrons. The average molecular weight is 400 g/mol. The summed E-state index contributed by atoms with van der Waals surface area (Å²) < 4.78 is 5.39. The Bertz CT molecular complexity index is 877. The van der Waals surface area contributed by atoms with Crippen LogP contribution < -0.4 is 9.64 Å². The summed E-state index contributed by atoms with van der Waals surface area (Å²) >= 11 is 6.10. The molecule has 0 aliphatic rings. The highest BCUT2D eigenvalue weighted by Gasteiger charge is 2.20. The first-order valence-corrected chi connectivity index (χ1v) is 9.49. The lowest BCUT2D eigenvalue weighted by Crippen LogP contribution is -2.40. The fourth-order valence-corrected chi connectivity index (χ4v) is 3.30. The second-order valence-electron chi connectivity index (χ2n) is 6.80. The highest BCUT2D eigenvalue weighted by molar-refractivity contribution is 6.30. The first-order valence-electron chi connectivity index (χ1n) is 9.11. The quantitative estimate of drug-likeness (QED) is 0.662. The Balaban J connectivity index is 2.18. The van der Waals surface area contributed by atoms with Crippen LogP contribution >= 0.6 is 11.6 Å². The van der Waals surface area contributed by atoms with E-state index >= 15 is 0 Å². The zero-order valence-electron chi connectivity index (χ0n) is 16.8. The Kier molecular flexibility index (Phi) is 7.86. The Morgan fingerprint density at radius 3 is 2.68 bits per heavy atom. The van der Waals surface area contributed by atoms with Gasteiger partial charge in [-0.1, -0.05) is 23.7 Å². The molecule has 0 aliphatic carbocycles. The Morgan fingerprint density at radius 1 is 1.25 bits per heavy atom. The molecule has 0 unspecified atom stereocenters. The predicted octanol–water partition coefficient (Wildman–Crippen LogP) is 4.34. The van der Waals surface area contributed by atoms with Crippen LogP contribution in [0.2, 0.25) is 5.02 Å². The summed E-state index contributed by atoms with van der Waals surface area (Å²) in [7, 11) is 3.49. The minimum atomic E-state index is -0.0487. The molecule has 1 amide bonds. The van der Waals surface area contributed by atoms with E-state index in [4.69, 9.17) is 21.6 Å². The maximum absolute atomic E-state index is 13.1. The molecule has 0 aromatic heterocycles. The number of carbonyl (C=O) groups excluding carboxylic acids is 1. The number of benzene rings is 2. The Morgan fingerprint density at radius 2 is 2.00 bits per heavy atom. The van der Waals surface area contributed by atoms with E-state index in [1.165, 1.54) is 0 Å². The molecule has 0 fully saturated rings. The van der Waals surface area contributed by atoms with Gasteiger partial charge in [0.1, 0.15) is 5.75 Å². The number of ether oxygens (including phenoxy) is 1. The van der Waals surface area contributed by atoms with Crippen LogP contribution in [0.1, 0.15) is 23.1 Å². The van der Waals surface area contributed by atoms with Gasteiger partial charge in [-0.05, 0) is 56.3 Å². The summed E-state index contributed by atoms with van der Waals surface area (Å²) in [5.74, 6) is 0.687. The van der Waals surface area contributed by atoms with E-state index in [9.17, 15) is 4.79 Å². The molecule has 2 rings (SSSR count). The van der Waals surface area contributed by atoms with Crippen LogP contribution in [-0.2, 0) is 11.3 Å². The first-order chi connectivity index (χ1) is 13.4. The summed E-state index contributed by atoms with van der Waals surface area (Å²) in [5, 5.41) is 9.63. The standard InChI is InChI=1S/C22H26ClN3O2/c1-16-7-5-8-20(17(16)2)26(12-6-11-24)22(27)15-25(3)14-18-13-19(23)9-10-21(18)28-4/h5,7-10,13H,6,12,14-15H2,1-4H3. The molecule has 148 valence electrons. The van der Waals surface area contributed by atoms with Gasteiger partial charge in [-0.25, -0.2) is 0 Å². The number of anilines is 1. The summed E-state index contributed by atoms with van der Waals surface area (Å²) in [6.45, 7) is 5.12. The van der Waals surface area contributed by atoms with Crippen molar-refractivity contribution in [1.82, 2.24) is 4.90 Å².